The van der Waals surface area contributed by atoms with Crippen LogP contribution in [0, 0.1) is 19.3 Å². The van der Waals surface area contributed by atoms with Crippen LogP contribution in [0.25, 0.3) is 0 Å². The number of ether oxygens (including phenoxy) is 1. The zero-order chi connectivity index (χ0) is 13.1. The van der Waals surface area contributed by atoms with Crippen molar-refractivity contribution < 1.29 is 4.74 Å². The van der Waals surface area contributed by atoms with Crippen molar-refractivity contribution in [2.24, 2.45) is 11.1 Å². The molecule has 0 radical (unpaired) electrons. The molecule has 0 atom stereocenters. The van der Waals surface area contributed by atoms with Gasteiger partial charge in [0.25, 0.3) is 0 Å². The Morgan fingerprint density at radius 3 is 2.41 bits per heavy atom. The molecule has 0 aliphatic rings. The third-order valence-corrected chi connectivity index (χ3v) is 3.27. The van der Waals surface area contributed by atoms with E-state index in [9.17, 15) is 0 Å². The smallest absolute Gasteiger partial charge is 0.122 e. The lowest BCUT2D eigenvalue weighted by molar-refractivity contribution is 0.405. The number of methoxy groups -OCH3 is 1. The molecule has 0 unspecified atom stereocenters. The molecule has 0 amide bonds. The van der Waals surface area contributed by atoms with Gasteiger partial charge in [0.15, 0.2) is 0 Å². The van der Waals surface area contributed by atoms with Gasteiger partial charge in [0, 0.05) is 12.2 Å². The minimum absolute atomic E-state index is 0.111. The number of rotatable bonds is 5. The Kier molecular flexibility index (Phi) is 4.40. The first-order valence-electron chi connectivity index (χ1n) is 5.99. The largest absolute Gasteiger partial charge is 0.496 e. The Bertz CT molecular complexity index is 386. The normalized spacial score (nSPS) is 11.4. The molecule has 1 rings (SSSR count). The lowest BCUT2D eigenvalue weighted by Crippen LogP contribution is -2.31. The van der Waals surface area contributed by atoms with Crippen LogP contribution < -0.4 is 15.8 Å². The maximum Gasteiger partial charge on any atom is 0.122 e. The summed E-state index contributed by atoms with van der Waals surface area (Å²) in [6, 6.07) is 4.06. The van der Waals surface area contributed by atoms with Gasteiger partial charge in [-0.2, -0.15) is 0 Å². The predicted octanol–water partition coefficient (Wildman–Crippen LogP) is 2.71. The average molecular weight is 236 g/mol. The standard InChI is InChI=1S/C14H24N2O/c1-10-11(2)13(17-5)7-6-12(10)16-9-14(3,4)8-15/h6-7,16H,8-9,15H2,1-5H3. The first-order chi connectivity index (χ1) is 7.91. The zero-order valence-electron chi connectivity index (χ0n) is 11.6. The summed E-state index contributed by atoms with van der Waals surface area (Å²) in [5.41, 5.74) is 9.41. The van der Waals surface area contributed by atoms with Crippen molar-refractivity contribution >= 4 is 5.69 Å². The number of nitrogens with one attached hydrogen (secondary N) is 1. The van der Waals surface area contributed by atoms with Crippen LogP contribution in [0.4, 0.5) is 5.69 Å². The Morgan fingerprint density at radius 1 is 1.24 bits per heavy atom. The molecule has 3 N–H and O–H groups in total. The van der Waals surface area contributed by atoms with Crippen LogP contribution in [0.2, 0.25) is 0 Å². The third kappa shape index (κ3) is 3.37. The molecule has 3 heteroatoms. The zero-order valence-corrected chi connectivity index (χ0v) is 11.6. The molecule has 1 aromatic carbocycles. The second kappa shape index (κ2) is 5.41. The van der Waals surface area contributed by atoms with E-state index >= 15 is 0 Å². The van der Waals surface area contributed by atoms with Crippen LogP contribution in [-0.4, -0.2) is 20.2 Å². The van der Waals surface area contributed by atoms with E-state index in [0.717, 1.165) is 18.0 Å². The molecular weight excluding hydrogens is 212 g/mol. The van der Waals surface area contributed by atoms with Crippen LogP contribution >= 0.6 is 0 Å². The fourth-order valence-electron chi connectivity index (χ4n) is 1.62. The van der Waals surface area contributed by atoms with Gasteiger partial charge in [-0.1, -0.05) is 13.8 Å². The van der Waals surface area contributed by atoms with Gasteiger partial charge < -0.3 is 15.8 Å². The fraction of sp³-hybridized carbons (Fsp3) is 0.571. The Labute approximate surface area is 104 Å². The van der Waals surface area contributed by atoms with Gasteiger partial charge in [-0.3, -0.25) is 0 Å². The van der Waals surface area contributed by atoms with Crippen molar-refractivity contribution in [3.8, 4) is 5.75 Å². The molecule has 0 heterocycles. The van der Waals surface area contributed by atoms with E-state index in [1.807, 2.05) is 6.07 Å². The monoisotopic (exact) mass is 236 g/mol. The molecule has 0 aromatic heterocycles. The van der Waals surface area contributed by atoms with Gasteiger partial charge in [-0.05, 0) is 49.1 Å². The first kappa shape index (κ1) is 13.8. The summed E-state index contributed by atoms with van der Waals surface area (Å²) in [7, 11) is 1.70. The molecule has 0 aliphatic carbocycles. The van der Waals surface area contributed by atoms with Gasteiger partial charge in [0.05, 0.1) is 7.11 Å². The Morgan fingerprint density at radius 2 is 1.88 bits per heavy atom. The highest BCUT2D eigenvalue weighted by atomic mass is 16.5. The van der Waals surface area contributed by atoms with Gasteiger partial charge in [-0.25, -0.2) is 0 Å². The van der Waals surface area contributed by atoms with Crippen molar-refractivity contribution in [2.45, 2.75) is 27.7 Å². The van der Waals surface area contributed by atoms with E-state index in [1.165, 1.54) is 11.1 Å². The lowest BCUT2D eigenvalue weighted by atomic mass is 9.93. The van der Waals surface area contributed by atoms with Crippen LogP contribution in [0.1, 0.15) is 25.0 Å². The number of nitrogens with two attached hydrogens (primary N) is 1. The third-order valence-electron chi connectivity index (χ3n) is 3.27. The van der Waals surface area contributed by atoms with E-state index < -0.39 is 0 Å². The molecule has 96 valence electrons. The fourth-order valence-corrected chi connectivity index (χ4v) is 1.62. The molecule has 0 fully saturated rings. The van der Waals surface area contributed by atoms with E-state index in [-0.39, 0.29) is 5.41 Å². The van der Waals surface area contributed by atoms with Gasteiger partial charge >= 0.3 is 0 Å². The van der Waals surface area contributed by atoms with Gasteiger partial charge in [-0.15, -0.1) is 0 Å². The SMILES string of the molecule is COc1ccc(NCC(C)(C)CN)c(C)c1C. The number of hydrogen-bond acceptors (Lipinski definition) is 3. The van der Waals surface area contributed by atoms with Crippen LogP contribution in [0.15, 0.2) is 12.1 Å². The molecule has 0 bridgehead atoms. The minimum Gasteiger partial charge on any atom is -0.496 e. The Hall–Kier alpha value is -1.22. The lowest BCUT2D eigenvalue weighted by Gasteiger charge is -2.24. The molecule has 17 heavy (non-hydrogen) atoms. The molecule has 0 saturated carbocycles. The number of benzene rings is 1. The molecule has 0 aliphatic heterocycles. The molecule has 0 saturated heterocycles. The minimum atomic E-state index is 0.111. The van der Waals surface area contributed by atoms with Crippen molar-refractivity contribution in [1.82, 2.24) is 0 Å². The maximum atomic E-state index is 5.72. The molecule has 0 spiro atoms. The van der Waals surface area contributed by atoms with E-state index in [2.05, 4.69) is 39.1 Å². The highest BCUT2D eigenvalue weighted by Crippen LogP contribution is 2.28. The highest BCUT2D eigenvalue weighted by Gasteiger charge is 2.16. The highest BCUT2D eigenvalue weighted by molar-refractivity contribution is 5.58. The topological polar surface area (TPSA) is 47.3 Å². The number of anilines is 1. The molecular formula is C14H24N2O. The quantitative estimate of drug-likeness (QED) is 0.826. The Balaban J connectivity index is 2.83. The maximum absolute atomic E-state index is 5.72. The van der Waals surface area contributed by atoms with E-state index in [0.29, 0.717) is 6.54 Å². The summed E-state index contributed by atoms with van der Waals surface area (Å²) in [6.45, 7) is 10.0. The summed E-state index contributed by atoms with van der Waals surface area (Å²) >= 11 is 0. The van der Waals surface area contributed by atoms with Crippen molar-refractivity contribution in [3.05, 3.63) is 23.3 Å². The van der Waals surface area contributed by atoms with Gasteiger partial charge in [0.2, 0.25) is 0 Å². The average Bonchev–Trinajstić information content (AvgIpc) is 2.31. The number of hydrogen-bond donors (Lipinski definition) is 2. The predicted molar refractivity (Wildman–Crippen MR) is 73.8 cm³/mol. The summed E-state index contributed by atoms with van der Waals surface area (Å²) in [6.07, 6.45) is 0. The summed E-state index contributed by atoms with van der Waals surface area (Å²) < 4.78 is 5.30. The van der Waals surface area contributed by atoms with E-state index in [4.69, 9.17) is 10.5 Å². The first-order valence-corrected chi connectivity index (χ1v) is 5.99. The summed E-state index contributed by atoms with van der Waals surface area (Å²) in [4.78, 5) is 0. The second-order valence-corrected chi connectivity index (χ2v) is 5.29. The summed E-state index contributed by atoms with van der Waals surface area (Å²) in [5, 5.41) is 3.46. The molecule has 1 aromatic rings. The van der Waals surface area contributed by atoms with Crippen LogP contribution in [-0.2, 0) is 0 Å². The molecule has 3 nitrogen and oxygen atoms in total. The van der Waals surface area contributed by atoms with Crippen molar-refractivity contribution in [1.29, 1.82) is 0 Å². The summed E-state index contributed by atoms with van der Waals surface area (Å²) in [5.74, 6) is 0.936. The van der Waals surface area contributed by atoms with E-state index in [1.54, 1.807) is 7.11 Å². The van der Waals surface area contributed by atoms with Crippen LogP contribution in [0.5, 0.6) is 5.75 Å². The van der Waals surface area contributed by atoms with Crippen molar-refractivity contribution in [3.63, 3.8) is 0 Å². The van der Waals surface area contributed by atoms with Crippen LogP contribution in [0.3, 0.4) is 0 Å². The second-order valence-electron chi connectivity index (χ2n) is 5.29. The van der Waals surface area contributed by atoms with Crippen molar-refractivity contribution in [2.75, 3.05) is 25.5 Å². The van der Waals surface area contributed by atoms with Gasteiger partial charge in [0.1, 0.15) is 5.75 Å².